The zero-order valence-electron chi connectivity index (χ0n) is 15.8. The van der Waals surface area contributed by atoms with Crippen LogP contribution in [0.25, 0.3) is 0 Å². The molecule has 0 aliphatic carbocycles. The van der Waals surface area contributed by atoms with E-state index < -0.39 is 0 Å². The number of carbonyl (C=O) groups is 1. The number of hydrogen-bond acceptors (Lipinski definition) is 5. The number of ether oxygens (including phenoxy) is 3. The molecule has 0 saturated heterocycles. The number of anilines is 1. The van der Waals surface area contributed by atoms with Gasteiger partial charge in [0.25, 0.3) is 0 Å². The van der Waals surface area contributed by atoms with E-state index in [1.165, 1.54) is 13.2 Å². The fourth-order valence-electron chi connectivity index (χ4n) is 2.33. The van der Waals surface area contributed by atoms with Gasteiger partial charge in [0.15, 0.2) is 5.78 Å². The molecule has 2 aromatic rings. The molecule has 2 aromatic carbocycles. The van der Waals surface area contributed by atoms with Crippen LogP contribution in [0.5, 0.6) is 17.2 Å². The molecule has 2 rings (SSSR count). The van der Waals surface area contributed by atoms with Crippen molar-refractivity contribution in [3.05, 3.63) is 59.3 Å². The summed E-state index contributed by atoms with van der Waals surface area (Å²) in [5.41, 5.74) is 1.22. The largest absolute Gasteiger partial charge is 0.495 e. The van der Waals surface area contributed by atoms with Gasteiger partial charge in [-0.15, -0.1) is 0 Å². The van der Waals surface area contributed by atoms with Crippen molar-refractivity contribution in [2.75, 3.05) is 26.1 Å². The minimum atomic E-state index is -0.123. The molecule has 5 nitrogen and oxygen atoms in total. The number of ketones is 1. The molecule has 0 spiro atoms. The second-order valence-corrected chi connectivity index (χ2v) is 6.16. The van der Waals surface area contributed by atoms with Crippen LogP contribution in [0.15, 0.2) is 48.7 Å². The Morgan fingerprint density at radius 3 is 2.44 bits per heavy atom. The Balaban J connectivity index is 2.00. The van der Waals surface area contributed by atoms with E-state index in [9.17, 15) is 4.79 Å². The van der Waals surface area contributed by atoms with Crippen LogP contribution < -0.4 is 19.5 Å². The van der Waals surface area contributed by atoms with Gasteiger partial charge < -0.3 is 19.5 Å². The SMILES string of the molecule is CCCCOc1ccc(C(=O)/C=C/Nc2cc(OC)c(Cl)cc2OC)cc1. The van der Waals surface area contributed by atoms with Crippen LogP contribution in [0.3, 0.4) is 0 Å². The molecule has 0 radical (unpaired) electrons. The zero-order valence-corrected chi connectivity index (χ0v) is 16.5. The van der Waals surface area contributed by atoms with E-state index in [-0.39, 0.29) is 5.78 Å². The Morgan fingerprint density at radius 1 is 1.11 bits per heavy atom. The van der Waals surface area contributed by atoms with Crippen LogP contribution in [0.2, 0.25) is 5.02 Å². The second kappa shape index (κ2) is 10.5. The van der Waals surface area contributed by atoms with E-state index in [1.54, 1.807) is 49.7 Å². The van der Waals surface area contributed by atoms with Gasteiger partial charge in [0, 0.05) is 30.0 Å². The van der Waals surface area contributed by atoms with Gasteiger partial charge >= 0.3 is 0 Å². The van der Waals surface area contributed by atoms with Gasteiger partial charge in [0.05, 0.1) is 31.5 Å². The van der Waals surface area contributed by atoms with Crippen molar-refractivity contribution in [1.82, 2.24) is 0 Å². The van der Waals surface area contributed by atoms with Gasteiger partial charge in [-0.25, -0.2) is 0 Å². The molecular weight excluding hydrogens is 366 g/mol. The third-order valence-electron chi connectivity index (χ3n) is 3.85. The average Bonchev–Trinajstić information content (AvgIpc) is 2.69. The molecule has 0 unspecified atom stereocenters. The van der Waals surface area contributed by atoms with Gasteiger partial charge in [-0.05, 0) is 30.7 Å². The first-order valence-electron chi connectivity index (χ1n) is 8.70. The summed E-state index contributed by atoms with van der Waals surface area (Å²) >= 11 is 6.08. The number of nitrogens with one attached hydrogen (secondary N) is 1. The van der Waals surface area contributed by atoms with E-state index in [2.05, 4.69) is 12.2 Å². The predicted octanol–water partition coefficient (Wildman–Crippen LogP) is 5.34. The van der Waals surface area contributed by atoms with Gasteiger partial charge in [-0.2, -0.15) is 0 Å². The Labute approximate surface area is 164 Å². The van der Waals surface area contributed by atoms with Crippen molar-refractivity contribution in [1.29, 1.82) is 0 Å². The molecule has 27 heavy (non-hydrogen) atoms. The van der Waals surface area contributed by atoms with Crippen molar-refractivity contribution in [3.8, 4) is 17.2 Å². The molecule has 0 heterocycles. The third-order valence-corrected chi connectivity index (χ3v) is 4.15. The number of benzene rings is 2. The normalized spacial score (nSPS) is 10.7. The van der Waals surface area contributed by atoms with Crippen LogP contribution in [-0.4, -0.2) is 26.6 Å². The summed E-state index contributed by atoms with van der Waals surface area (Å²) in [6.45, 7) is 2.79. The topological polar surface area (TPSA) is 56.8 Å². The first-order chi connectivity index (χ1) is 13.1. The summed E-state index contributed by atoms with van der Waals surface area (Å²) in [6, 6.07) is 10.5. The quantitative estimate of drug-likeness (QED) is 0.337. The maximum absolute atomic E-state index is 12.3. The Kier molecular flexibility index (Phi) is 8.01. The summed E-state index contributed by atoms with van der Waals surface area (Å²) in [4.78, 5) is 12.3. The molecule has 0 atom stereocenters. The molecule has 0 aromatic heterocycles. The summed E-state index contributed by atoms with van der Waals surface area (Å²) in [6.07, 6.45) is 5.10. The number of carbonyl (C=O) groups excluding carboxylic acids is 1. The smallest absolute Gasteiger partial charge is 0.187 e. The van der Waals surface area contributed by atoms with E-state index in [1.807, 2.05) is 0 Å². The first-order valence-corrected chi connectivity index (χ1v) is 9.08. The predicted molar refractivity (Wildman–Crippen MR) is 108 cm³/mol. The van der Waals surface area contributed by atoms with Crippen molar-refractivity contribution in [2.45, 2.75) is 19.8 Å². The van der Waals surface area contributed by atoms with E-state index in [0.29, 0.717) is 34.4 Å². The highest BCUT2D eigenvalue weighted by Crippen LogP contribution is 2.35. The standard InChI is InChI=1S/C21H24ClNO4/c1-4-5-12-27-16-8-6-15(7-9-16)19(24)10-11-23-18-14-20(25-2)17(22)13-21(18)26-3/h6-11,13-14,23H,4-5,12H2,1-3H3/b11-10+. The van der Waals surface area contributed by atoms with Crippen molar-refractivity contribution < 1.29 is 19.0 Å². The zero-order chi connectivity index (χ0) is 19.6. The minimum Gasteiger partial charge on any atom is -0.495 e. The maximum Gasteiger partial charge on any atom is 0.187 e. The number of methoxy groups -OCH3 is 2. The number of rotatable bonds is 10. The van der Waals surface area contributed by atoms with Crippen molar-refractivity contribution in [3.63, 3.8) is 0 Å². The fourth-order valence-corrected chi connectivity index (χ4v) is 2.56. The summed E-state index contributed by atoms with van der Waals surface area (Å²) in [5.74, 6) is 1.70. The number of allylic oxidation sites excluding steroid dienone is 1. The molecule has 0 bridgehead atoms. The first kappa shape index (κ1) is 20.6. The molecule has 144 valence electrons. The molecular formula is C21H24ClNO4. The highest BCUT2D eigenvalue weighted by molar-refractivity contribution is 6.32. The Morgan fingerprint density at radius 2 is 1.81 bits per heavy atom. The lowest BCUT2D eigenvalue weighted by Crippen LogP contribution is -1.99. The lowest BCUT2D eigenvalue weighted by molar-refractivity contribution is 0.104. The van der Waals surface area contributed by atoms with E-state index >= 15 is 0 Å². The minimum absolute atomic E-state index is 0.123. The maximum atomic E-state index is 12.3. The summed E-state index contributed by atoms with van der Waals surface area (Å²) < 4.78 is 16.1. The molecule has 0 amide bonds. The van der Waals surface area contributed by atoms with Crippen molar-refractivity contribution >= 4 is 23.1 Å². The highest BCUT2D eigenvalue weighted by atomic mass is 35.5. The molecule has 0 fully saturated rings. The molecule has 6 heteroatoms. The van der Waals surface area contributed by atoms with Crippen LogP contribution in [0, 0.1) is 0 Å². The van der Waals surface area contributed by atoms with Crippen LogP contribution in [0.1, 0.15) is 30.1 Å². The lowest BCUT2D eigenvalue weighted by atomic mass is 10.1. The summed E-state index contributed by atoms with van der Waals surface area (Å²) in [7, 11) is 3.08. The number of hydrogen-bond donors (Lipinski definition) is 1. The average molecular weight is 390 g/mol. The fraction of sp³-hybridized carbons (Fsp3) is 0.286. The highest BCUT2D eigenvalue weighted by Gasteiger charge is 2.09. The van der Waals surface area contributed by atoms with Crippen LogP contribution in [0.4, 0.5) is 5.69 Å². The Hall–Kier alpha value is -2.66. The van der Waals surface area contributed by atoms with E-state index in [0.717, 1.165) is 18.6 Å². The molecule has 0 saturated carbocycles. The van der Waals surface area contributed by atoms with Crippen LogP contribution in [-0.2, 0) is 0 Å². The summed E-state index contributed by atoms with van der Waals surface area (Å²) in [5, 5.41) is 3.47. The van der Waals surface area contributed by atoms with Gasteiger partial charge in [0.2, 0.25) is 0 Å². The monoisotopic (exact) mass is 389 g/mol. The van der Waals surface area contributed by atoms with Crippen LogP contribution >= 0.6 is 11.6 Å². The van der Waals surface area contributed by atoms with E-state index in [4.69, 9.17) is 25.8 Å². The third kappa shape index (κ3) is 5.93. The van der Waals surface area contributed by atoms with Gasteiger partial charge in [-0.3, -0.25) is 4.79 Å². The number of halogens is 1. The lowest BCUT2D eigenvalue weighted by Gasteiger charge is -2.11. The number of unbranched alkanes of at least 4 members (excludes halogenated alkanes) is 1. The molecule has 0 aliphatic rings. The molecule has 0 aliphatic heterocycles. The molecule has 1 N–H and O–H groups in total. The second-order valence-electron chi connectivity index (χ2n) is 5.76. The van der Waals surface area contributed by atoms with Gasteiger partial charge in [-0.1, -0.05) is 24.9 Å². The van der Waals surface area contributed by atoms with Gasteiger partial charge in [0.1, 0.15) is 17.2 Å². The Bertz CT molecular complexity index is 788. The van der Waals surface area contributed by atoms with Crippen molar-refractivity contribution in [2.24, 2.45) is 0 Å².